The largest absolute Gasteiger partial charge is 0.478 e. The van der Waals surface area contributed by atoms with Crippen molar-refractivity contribution in [2.45, 2.75) is 9.79 Å². The third-order valence-electron chi connectivity index (χ3n) is 3.88. The molecule has 8 heteroatoms. The first-order valence-electron chi connectivity index (χ1n) is 8.57. The van der Waals surface area contributed by atoms with Crippen molar-refractivity contribution in [3.63, 3.8) is 0 Å². The van der Waals surface area contributed by atoms with Crippen molar-refractivity contribution in [1.29, 1.82) is 0 Å². The molecule has 0 aromatic heterocycles. The fraction of sp³-hybridized carbons (Fsp3) is 0. The Morgan fingerprint density at radius 3 is 2.27 bits per heavy atom. The van der Waals surface area contributed by atoms with E-state index in [1.807, 2.05) is 0 Å². The first-order valence-corrected chi connectivity index (χ1v) is 10.1. The molecule has 0 radical (unpaired) electrons. The lowest BCUT2D eigenvalue weighted by Crippen LogP contribution is -2.08. The summed E-state index contributed by atoms with van der Waals surface area (Å²) in [5, 5.41) is 12.3. The van der Waals surface area contributed by atoms with Gasteiger partial charge in [-0.25, -0.2) is 9.18 Å². The summed E-state index contributed by atoms with van der Waals surface area (Å²) in [5.41, 5.74) is 0.890. The van der Waals surface area contributed by atoms with Gasteiger partial charge in [-0.1, -0.05) is 41.0 Å². The maximum absolute atomic E-state index is 13.0. The molecule has 3 rings (SSSR count). The van der Waals surface area contributed by atoms with Crippen LogP contribution in [0.3, 0.4) is 0 Å². The third-order valence-corrected chi connectivity index (χ3v) is 5.49. The molecule has 0 saturated carbocycles. The molecule has 0 heterocycles. The molecule has 0 bridgehead atoms. The van der Waals surface area contributed by atoms with Crippen LogP contribution in [0.2, 0.25) is 10.0 Å². The number of amides is 1. The summed E-state index contributed by atoms with van der Waals surface area (Å²) < 4.78 is 13.0. The fourth-order valence-electron chi connectivity index (χ4n) is 2.49. The van der Waals surface area contributed by atoms with Crippen LogP contribution in [0.4, 0.5) is 10.1 Å². The minimum absolute atomic E-state index is 0.0668. The number of anilines is 1. The molecule has 4 nitrogen and oxygen atoms in total. The molecule has 0 fully saturated rings. The number of carboxylic acids is 1. The van der Waals surface area contributed by atoms with Crippen LogP contribution < -0.4 is 5.32 Å². The number of rotatable bonds is 6. The summed E-state index contributed by atoms with van der Waals surface area (Å²) in [5.74, 6) is -1.86. The summed E-state index contributed by atoms with van der Waals surface area (Å²) in [6.07, 6.45) is 2.74. The van der Waals surface area contributed by atoms with Crippen molar-refractivity contribution in [2.75, 3.05) is 5.32 Å². The van der Waals surface area contributed by atoms with E-state index >= 15 is 0 Å². The van der Waals surface area contributed by atoms with Gasteiger partial charge in [-0.05, 0) is 60.7 Å². The number of carbonyl (C=O) groups is 2. The van der Waals surface area contributed by atoms with Gasteiger partial charge in [0.25, 0.3) is 0 Å². The lowest BCUT2D eigenvalue weighted by Gasteiger charge is -2.07. The standard InChI is InChI=1S/C22H14Cl2FNO3S/c23-19-11-17(30-16-6-4-14(25)5-7-16)12-20(24)18(19)8-9-21(27)26-15-3-1-2-13(10-15)22(28)29/h1-12H,(H,26,27)(H,28,29)/b9-8+. The van der Waals surface area contributed by atoms with Crippen LogP contribution in [0.25, 0.3) is 6.08 Å². The number of nitrogens with one attached hydrogen (secondary N) is 1. The molecule has 1 amide bonds. The van der Waals surface area contributed by atoms with Crippen LogP contribution >= 0.6 is 35.0 Å². The molecule has 3 aromatic rings. The van der Waals surface area contributed by atoms with Crippen molar-refractivity contribution < 1.29 is 19.1 Å². The highest BCUT2D eigenvalue weighted by atomic mass is 35.5. The maximum atomic E-state index is 13.0. The number of hydrogen-bond donors (Lipinski definition) is 2. The Morgan fingerprint density at radius 2 is 1.63 bits per heavy atom. The van der Waals surface area contributed by atoms with E-state index in [2.05, 4.69) is 5.32 Å². The maximum Gasteiger partial charge on any atom is 0.335 e. The lowest BCUT2D eigenvalue weighted by molar-refractivity contribution is -0.111. The van der Waals surface area contributed by atoms with Crippen LogP contribution in [0.1, 0.15) is 15.9 Å². The van der Waals surface area contributed by atoms with E-state index in [0.29, 0.717) is 21.3 Å². The first kappa shape index (κ1) is 21.9. The molecule has 0 atom stereocenters. The van der Waals surface area contributed by atoms with Gasteiger partial charge in [0.05, 0.1) is 15.6 Å². The summed E-state index contributed by atoms with van der Waals surface area (Å²) in [4.78, 5) is 24.8. The van der Waals surface area contributed by atoms with Gasteiger partial charge in [0, 0.05) is 27.1 Å². The predicted octanol–water partition coefficient (Wildman–Crippen LogP) is 6.63. The highest BCUT2D eigenvalue weighted by molar-refractivity contribution is 7.99. The van der Waals surface area contributed by atoms with E-state index in [0.717, 1.165) is 9.79 Å². The van der Waals surface area contributed by atoms with Crippen LogP contribution in [-0.2, 0) is 4.79 Å². The number of benzene rings is 3. The highest BCUT2D eigenvalue weighted by Crippen LogP contribution is 2.35. The van der Waals surface area contributed by atoms with Crippen molar-refractivity contribution in [2.24, 2.45) is 0 Å². The van der Waals surface area contributed by atoms with Crippen molar-refractivity contribution in [1.82, 2.24) is 0 Å². The van der Waals surface area contributed by atoms with E-state index in [1.165, 1.54) is 54.2 Å². The molecule has 0 aliphatic carbocycles. The second-order valence-electron chi connectivity index (χ2n) is 6.07. The minimum atomic E-state index is -1.08. The van der Waals surface area contributed by atoms with Crippen LogP contribution in [0, 0.1) is 5.82 Å². The zero-order valence-corrected chi connectivity index (χ0v) is 17.6. The van der Waals surface area contributed by atoms with Crippen molar-refractivity contribution in [3.05, 3.63) is 93.7 Å². The average molecular weight is 462 g/mol. The quantitative estimate of drug-likeness (QED) is 0.404. The monoisotopic (exact) mass is 461 g/mol. The van der Waals surface area contributed by atoms with E-state index < -0.39 is 11.9 Å². The smallest absolute Gasteiger partial charge is 0.335 e. The Hall–Kier alpha value is -2.80. The highest BCUT2D eigenvalue weighted by Gasteiger charge is 2.09. The van der Waals surface area contributed by atoms with E-state index in [-0.39, 0.29) is 11.4 Å². The normalized spacial score (nSPS) is 10.9. The van der Waals surface area contributed by atoms with Crippen LogP contribution in [-0.4, -0.2) is 17.0 Å². The molecule has 0 saturated heterocycles. The van der Waals surface area contributed by atoms with E-state index in [4.69, 9.17) is 28.3 Å². The summed E-state index contributed by atoms with van der Waals surface area (Å²) in [6.45, 7) is 0. The second-order valence-corrected chi connectivity index (χ2v) is 8.03. The molecule has 30 heavy (non-hydrogen) atoms. The summed E-state index contributed by atoms with van der Waals surface area (Å²) >= 11 is 14.0. The van der Waals surface area contributed by atoms with Crippen LogP contribution in [0.15, 0.2) is 76.5 Å². The van der Waals surface area contributed by atoms with Gasteiger partial charge in [0.1, 0.15) is 5.82 Å². The molecule has 2 N–H and O–H groups in total. The predicted molar refractivity (Wildman–Crippen MR) is 118 cm³/mol. The number of hydrogen-bond acceptors (Lipinski definition) is 3. The Balaban J connectivity index is 1.72. The molecule has 0 aliphatic heterocycles. The number of carbonyl (C=O) groups excluding carboxylic acids is 1. The lowest BCUT2D eigenvalue weighted by atomic mass is 10.2. The average Bonchev–Trinajstić information content (AvgIpc) is 2.69. The topological polar surface area (TPSA) is 66.4 Å². The second kappa shape index (κ2) is 9.80. The molecule has 3 aromatic carbocycles. The van der Waals surface area contributed by atoms with Gasteiger partial charge in [0.15, 0.2) is 0 Å². The van der Waals surface area contributed by atoms with Gasteiger partial charge < -0.3 is 10.4 Å². The van der Waals surface area contributed by atoms with Gasteiger partial charge >= 0.3 is 5.97 Å². The van der Waals surface area contributed by atoms with E-state index in [9.17, 15) is 14.0 Å². The van der Waals surface area contributed by atoms with Crippen molar-refractivity contribution >= 4 is 58.6 Å². The Morgan fingerprint density at radius 1 is 0.967 bits per heavy atom. The summed E-state index contributed by atoms with van der Waals surface area (Å²) in [7, 11) is 0. The van der Waals surface area contributed by atoms with E-state index in [1.54, 1.807) is 30.3 Å². The molecule has 0 spiro atoms. The van der Waals surface area contributed by atoms with Gasteiger partial charge in [-0.2, -0.15) is 0 Å². The first-order chi connectivity index (χ1) is 14.3. The summed E-state index contributed by atoms with van der Waals surface area (Å²) in [6, 6.07) is 15.4. The Labute approximate surface area is 186 Å². The zero-order valence-electron chi connectivity index (χ0n) is 15.2. The molecular weight excluding hydrogens is 448 g/mol. The number of aromatic carboxylic acids is 1. The molecule has 0 aliphatic rings. The number of carboxylic acid groups (broad SMARTS) is 1. The third kappa shape index (κ3) is 5.86. The van der Waals surface area contributed by atoms with Gasteiger partial charge in [0.2, 0.25) is 5.91 Å². The molecule has 0 unspecified atom stereocenters. The Kier molecular flexibility index (Phi) is 7.15. The molecular formula is C22H14Cl2FNO3S. The zero-order chi connectivity index (χ0) is 21.7. The number of halogens is 3. The van der Waals surface area contributed by atoms with Crippen molar-refractivity contribution in [3.8, 4) is 0 Å². The van der Waals surface area contributed by atoms with Crippen LogP contribution in [0.5, 0.6) is 0 Å². The van der Waals surface area contributed by atoms with Gasteiger partial charge in [-0.15, -0.1) is 0 Å². The minimum Gasteiger partial charge on any atom is -0.478 e. The SMILES string of the molecule is O=C(/C=C/c1c(Cl)cc(Sc2ccc(F)cc2)cc1Cl)Nc1cccc(C(=O)O)c1. The Bertz CT molecular complexity index is 1110. The molecule has 152 valence electrons. The van der Waals surface area contributed by atoms with Gasteiger partial charge in [-0.3, -0.25) is 4.79 Å². The fourth-order valence-corrected chi connectivity index (χ4v) is 4.13.